The van der Waals surface area contributed by atoms with E-state index in [1.54, 1.807) is 0 Å². The molecule has 0 bridgehead atoms. The van der Waals surface area contributed by atoms with E-state index in [0.29, 0.717) is 47.0 Å². The predicted octanol–water partition coefficient (Wildman–Crippen LogP) is 25.0. The molecule has 3 fully saturated rings. The fraction of sp³-hybridized carbons (Fsp3) is 0.541. The normalized spacial score (nSPS) is 15.8. The first-order valence-electron chi connectivity index (χ1n) is 42.0. The van der Waals surface area contributed by atoms with Crippen molar-refractivity contribution in [2.24, 2.45) is 17.8 Å². The minimum Gasteiger partial charge on any atom is -0.482 e. The molecule has 3 aliphatic rings. The van der Waals surface area contributed by atoms with Crippen LogP contribution in [0.2, 0.25) is 0 Å². The van der Waals surface area contributed by atoms with E-state index in [0.717, 1.165) is 118 Å². The standard InChI is InChI=1S/C23H30O3.C21H32O3.C21H26O3.C20H30O3.C13H18O2/c1-4-17(3)18-10-8-12-20-19(18)11-9-13-21(20)25-16-22(24)26-23(5-2)14-6-7-15-23;1-5-16(2)17-10-9-13-19(14-17)23-15-20(22)24-21(3,4)18-11-7-6-8-12-18;1-5-16(2)17-11-13-19(14-12-17)23-15-20(22)24-21(3,4)18-9-7-6-8-10-18;1-5-15(2)16-10-12-18(13-11-16)22-14-19(21)23-20(3,4)17-8-6-7-9-17;1-4-10(2)13(14)15-11(3)12-8-6-5-7-9-12/h8-13,17H,4-7,14-16H2,1-3H3;9-10,13-14,16,18H,5-8,11-12,15H2,1-4H3;6-14,16H,5,15H2,1-4H3;10-13,15,17H,5-9,14H2,1-4H3;5-11H,4H2,1-3H3. The molecule has 10 rings (SSSR count). The summed E-state index contributed by atoms with van der Waals surface area (Å²) in [5.74, 6) is 4.53. The SMILES string of the molecule is CCC(C)C(=O)OC(C)c1ccccc1.CCC(C)c1ccc(OCC(=O)OC(C)(C)C2CCCC2)cc1.CCC(C)c1ccc(OCC(=O)OC(C)(C)c2ccccc2)cc1.CCC(C)c1cccc(OCC(=O)OC(C)(C)C2CCCCC2)c1.CCC(C)c1cccc2c(OCC(=O)OC3(CC)CCCC3)cccc12. The van der Waals surface area contributed by atoms with Gasteiger partial charge in [0.2, 0.25) is 0 Å². The van der Waals surface area contributed by atoms with Crippen molar-refractivity contribution in [3.05, 3.63) is 203 Å². The quantitative estimate of drug-likeness (QED) is 0.0288. The van der Waals surface area contributed by atoms with Crippen molar-refractivity contribution < 1.29 is 66.6 Å². The third-order valence-electron chi connectivity index (χ3n) is 23.2. The Morgan fingerprint density at radius 2 is 0.821 bits per heavy atom. The van der Waals surface area contributed by atoms with Gasteiger partial charge in [-0.25, -0.2) is 19.2 Å². The molecule has 6 atom stereocenters. The highest BCUT2D eigenvalue weighted by Crippen LogP contribution is 2.40. The van der Waals surface area contributed by atoms with E-state index in [2.05, 4.69) is 105 Å². The van der Waals surface area contributed by atoms with Crippen molar-refractivity contribution in [2.75, 3.05) is 26.4 Å². The molecule has 7 aromatic carbocycles. The summed E-state index contributed by atoms with van der Waals surface area (Å²) in [7, 11) is 0. The molecule has 0 N–H and O–H groups in total. The average molecular weight is 1540 g/mol. The number of hydrogen-bond donors (Lipinski definition) is 0. The second kappa shape index (κ2) is 46.5. The van der Waals surface area contributed by atoms with Crippen LogP contribution in [0.3, 0.4) is 0 Å². The van der Waals surface area contributed by atoms with Gasteiger partial charge in [-0.15, -0.1) is 0 Å². The summed E-state index contributed by atoms with van der Waals surface area (Å²) in [5.41, 5.74) is 5.40. The predicted molar refractivity (Wildman–Crippen MR) is 452 cm³/mol. The number of hydrogen-bond acceptors (Lipinski definition) is 14. The largest absolute Gasteiger partial charge is 0.482 e. The summed E-state index contributed by atoms with van der Waals surface area (Å²) in [4.78, 5) is 60.2. The van der Waals surface area contributed by atoms with Gasteiger partial charge < -0.3 is 42.6 Å². The number of carbonyl (C=O) groups is 5. The van der Waals surface area contributed by atoms with Crippen molar-refractivity contribution in [2.45, 2.75) is 299 Å². The van der Waals surface area contributed by atoms with Gasteiger partial charge in [-0.2, -0.15) is 0 Å². The Kier molecular flexibility index (Phi) is 38.3. The molecular formula is C98H136O14. The molecule has 3 saturated carbocycles. The monoisotopic (exact) mass is 1540 g/mol. The maximum absolute atomic E-state index is 12.3. The number of fused-ring (bicyclic) bond motifs is 1. The molecule has 14 heteroatoms. The summed E-state index contributed by atoms with van der Waals surface area (Å²) in [5, 5.41) is 2.26. The lowest BCUT2D eigenvalue weighted by atomic mass is 9.79. The van der Waals surface area contributed by atoms with Gasteiger partial charge >= 0.3 is 29.8 Å². The Labute approximate surface area is 672 Å². The summed E-state index contributed by atoms with van der Waals surface area (Å²) >= 11 is 0. The van der Waals surface area contributed by atoms with Crippen LogP contribution < -0.4 is 18.9 Å². The molecule has 7 aromatic rings. The van der Waals surface area contributed by atoms with Crippen LogP contribution in [0, 0.1) is 17.8 Å². The molecule has 6 unspecified atom stereocenters. The van der Waals surface area contributed by atoms with Crippen LogP contribution in [0.4, 0.5) is 0 Å². The minimum atomic E-state index is -0.678. The highest BCUT2D eigenvalue weighted by Gasteiger charge is 2.38. The first-order chi connectivity index (χ1) is 53.5. The molecule has 612 valence electrons. The molecule has 0 spiro atoms. The fourth-order valence-electron chi connectivity index (χ4n) is 14.6. The van der Waals surface area contributed by atoms with Crippen LogP contribution in [0.15, 0.2) is 170 Å². The Morgan fingerprint density at radius 3 is 1.31 bits per heavy atom. The first kappa shape index (κ1) is 92.2. The molecular weight excluding hydrogens is 1400 g/mol. The van der Waals surface area contributed by atoms with E-state index >= 15 is 0 Å². The second-order valence-corrected chi connectivity index (χ2v) is 32.6. The van der Waals surface area contributed by atoms with Crippen molar-refractivity contribution in [3.63, 3.8) is 0 Å². The van der Waals surface area contributed by atoms with Crippen LogP contribution in [-0.4, -0.2) is 73.1 Å². The van der Waals surface area contributed by atoms with Gasteiger partial charge in [-0.3, -0.25) is 4.79 Å². The number of carbonyl (C=O) groups excluding carboxylic acids is 5. The number of ether oxygens (including phenoxy) is 9. The highest BCUT2D eigenvalue weighted by molar-refractivity contribution is 5.91. The lowest BCUT2D eigenvalue weighted by Crippen LogP contribution is -2.39. The van der Waals surface area contributed by atoms with Gasteiger partial charge in [0.1, 0.15) is 51.5 Å². The molecule has 0 saturated heterocycles. The Morgan fingerprint density at radius 1 is 0.393 bits per heavy atom. The van der Waals surface area contributed by atoms with Crippen LogP contribution in [-0.2, 0) is 53.3 Å². The lowest BCUT2D eigenvalue weighted by Gasteiger charge is -2.36. The Balaban J connectivity index is 0.000000220. The maximum Gasteiger partial charge on any atom is 0.345 e. The third kappa shape index (κ3) is 30.0. The molecule has 0 heterocycles. The highest BCUT2D eigenvalue weighted by atomic mass is 16.6. The van der Waals surface area contributed by atoms with Crippen LogP contribution in [0.5, 0.6) is 23.0 Å². The van der Waals surface area contributed by atoms with Crippen molar-refractivity contribution in [3.8, 4) is 23.0 Å². The molecule has 0 aliphatic heterocycles. The van der Waals surface area contributed by atoms with Crippen molar-refractivity contribution >= 4 is 40.6 Å². The average Bonchev–Trinajstić information content (AvgIpc) is 0.812. The summed E-state index contributed by atoms with van der Waals surface area (Å²) in [6.45, 7) is 37.1. The van der Waals surface area contributed by atoms with E-state index in [-0.39, 0.29) is 73.9 Å². The van der Waals surface area contributed by atoms with E-state index in [9.17, 15) is 24.0 Å². The zero-order chi connectivity index (χ0) is 81.9. The van der Waals surface area contributed by atoms with Crippen LogP contribution >= 0.6 is 0 Å². The molecule has 0 amide bonds. The molecule has 112 heavy (non-hydrogen) atoms. The van der Waals surface area contributed by atoms with Crippen LogP contribution in [0.25, 0.3) is 10.8 Å². The fourth-order valence-corrected chi connectivity index (χ4v) is 14.6. The zero-order valence-electron chi connectivity index (χ0n) is 71.3. The summed E-state index contributed by atoms with van der Waals surface area (Å²) in [6.07, 6.45) is 21.0. The minimum absolute atomic E-state index is 0.0174. The van der Waals surface area contributed by atoms with Crippen LogP contribution in [0.1, 0.15) is 310 Å². The van der Waals surface area contributed by atoms with Gasteiger partial charge in [0.05, 0.1) is 5.92 Å². The van der Waals surface area contributed by atoms with Gasteiger partial charge in [0.15, 0.2) is 26.4 Å². The third-order valence-corrected chi connectivity index (χ3v) is 23.2. The Bertz CT molecular complexity index is 3900. The van der Waals surface area contributed by atoms with E-state index < -0.39 is 16.8 Å². The summed E-state index contributed by atoms with van der Waals surface area (Å²) in [6, 6.07) is 55.7. The first-order valence-corrected chi connectivity index (χ1v) is 42.0. The second-order valence-electron chi connectivity index (χ2n) is 32.6. The van der Waals surface area contributed by atoms with E-state index in [1.807, 2.05) is 190 Å². The van der Waals surface area contributed by atoms with Gasteiger partial charge in [0, 0.05) is 5.39 Å². The Hall–Kier alpha value is -8.65. The van der Waals surface area contributed by atoms with E-state index in [1.165, 1.54) is 59.7 Å². The smallest absolute Gasteiger partial charge is 0.345 e. The summed E-state index contributed by atoms with van der Waals surface area (Å²) < 4.78 is 50.8. The maximum atomic E-state index is 12.3. The van der Waals surface area contributed by atoms with Crippen molar-refractivity contribution in [1.82, 2.24) is 0 Å². The topological polar surface area (TPSA) is 168 Å². The van der Waals surface area contributed by atoms with Gasteiger partial charge in [-0.1, -0.05) is 236 Å². The number of rotatable bonds is 32. The molecule has 14 nitrogen and oxygen atoms in total. The molecule has 3 aliphatic carbocycles. The zero-order valence-corrected chi connectivity index (χ0v) is 71.3. The van der Waals surface area contributed by atoms with E-state index in [4.69, 9.17) is 42.6 Å². The van der Waals surface area contributed by atoms with Gasteiger partial charge in [-0.05, 0) is 255 Å². The number of benzene rings is 7. The van der Waals surface area contributed by atoms with Crippen molar-refractivity contribution in [1.29, 1.82) is 0 Å². The number of esters is 5. The molecule has 0 radical (unpaired) electrons. The molecule has 0 aromatic heterocycles. The van der Waals surface area contributed by atoms with Gasteiger partial charge in [0.25, 0.3) is 0 Å². The lowest BCUT2D eigenvalue weighted by molar-refractivity contribution is -0.166.